The highest BCUT2D eigenvalue weighted by atomic mass is 16.1. The van der Waals surface area contributed by atoms with E-state index in [1.165, 1.54) is 5.56 Å². The SMILES string of the molecule is Cn1ccnc1CCNC(=O)C1CNc2ccccc2C1. The second kappa shape index (κ2) is 5.99. The highest BCUT2D eigenvalue weighted by molar-refractivity contribution is 5.80. The molecule has 0 radical (unpaired) electrons. The lowest BCUT2D eigenvalue weighted by atomic mass is 9.93. The summed E-state index contributed by atoms with van der Waals surface area (Å²) in [4.78, 5) is 16.5. The molecule has 1 atom stereocenters. The van der Waals surface area contributed by atoms with Gasteiger partial charge in [0.05, 0.1) is 5.92 Å². The molecule has 5 nitrogen and oxygen atoms in total. The second-order valence-corrected chi connectivity index (χ2v) is 5.43. The molecule has 1 amide bonds. The third-order valence-corrected chi connectivity index (χ3v) is 3.96. The number of aromatic nitrogens is 2. The number of imidazole rings is 1. The third-order valence-electron chi connectivity index (χ3n) is 3.96. The minimum atomic E-state index is 0.00118. The molecule has 0 spiro atoms. The quantitative estimate of drug-likeness (QED) is 0.891. The van der Waals surface area contributed by atoms with E-state index in [9.17, 15) is 4.79 Å². The van der Waals surface area contributed by atoms with Gasteiger partial charge in [-0.05, 0) is 18.1 Å². The van der Waals surface area contributed by atoms with Gasteiger partial charge in [-0.15, -0.1) is 0 Å². The van der Waals surface area contributed by atoms with E-state index < -0.39 is 0 Å². The summed E-state index contributed by atoms with van der Waals surface area (Å²) in [6.45, 7) is 1.33. The number of amides is 1. The van der Waals surface area contributed by atoms with Crippen LogP contribution in [0.5, 0.6) is 0 Å². The number of hydrogen-bond acceptors (Lipinski definition) is 3. The second-order valence-electron chi connectivity index (χ2n) is 5.43. The Hall–Kier alpha value is -2.30. The van der Waals surface area contributed by atoms with Gasteiger partial charge in [0, 0.05) is 44.6 Å². The summed E-state index contributed by atoms with van der Waals surface area (Å²) in [5.41, 5.74) is 2.36. The summed E-state index contributed by atoms with van der Waals surface area (Å²) in [5.74, 6) is 1.11. The zero-order valence-electron chi connectivity index (χ0n) is 12.2. The van der Waals surface area contributed by atoms with Crippen LogP contribution in [0.4, 0.5) is 5.69 Å². The number of carbonyl (C=O) groups excluding carboxylic acids is 1. The molecule has 2 heterocycles. The van der Waals surface area contributed by atoms with Crippen LogP contribution in [0, 0.1) is 5.92 Å². The van der Waals surface area contributed by atoms with Crippen molar-refractivity contribution in [2.45, 2.75) is 12.8 Å². The molecule has 5 heteroatoms. The highest BCUT2D eigenvalue weighted by Gasteiger charge is 2.23. The Morgan fingerprint density at radius 3 is 3.14 bits per heavy atom. The van der Waals surface area contributed by atoms with Gasteiger partial charge in [0.15, 0.2) is 0 Å². The Morgan fingerprint density at radius 1 is 1.48 bits per heavy atom. The van der Waals surface area contributed by atoms with Crippen LogP contribution in [-0.2, 0) is 24.7 Å². The van der Waals surface area contributed by atoms with Gasteiger partial charge in [-0.25, -0.2) is 4.98 Å². The van der Waals surface area contributed by atoms with Crippen LogP contribution >= 0.6 is 0 Å². The zero-order chi connectivity index (χ0) is 14.7. The van der Waals surface area contributed by atoms with Gasteiger partial charge in [0.1, 0.15) is 5.82 Å². The van der Waals surface area contributed by atoms with Crippen molar-refractivity contribution in [2.75, 3.05) is 18.4 Å². The molecule has 1 aromatic carbocycles. The van der Waals surface area contributed by atoms with Crippen LogP contribution < -0.4 is 10.6 Å². The van der Waals surface area contributed by atoms with Gasteiger partial charge in [0.25, 0.3) is 0 Å². The van der Waals surface area contributed by atoms with E-state index in [-0.39, 0.29) is 11.8 Å². The van der Waals surface area contributed by atoms with Gasteiger partial charge in [-0.3, -0.25) is 4.79 Å². The number of hydrogen-bond donors (Lipinski definition) is 2. The van der Waals surface area contributed by atoms with Crippen LogP contribution in [-0.4, -0.2) is 28.5 Å². The molecule has 1 aliphatic heterocycles. The van der Waals surface area contributed by atoms with Gasteiger partial charge < -0.3 is 15.2 Å². The summed E-state index contributed by atoms with van der Waals surface area (Å²) < 4.78 is 1.98. The van der Waals surface area contributed by atoms with Crippen molar-refractivity contribution in [1.29, 1.82) is 0 Å². The van der Waals surface area contributed by atoms with Crippen LogP contribution in [0.1, 0.15) is 11.4 Å². The normalized spacial score (nSPS) is 16.9. The fraction of sp³-hybridized carbons (Fsp3) is 0.375. The predicted octanol–water partition coefficient (Wildman–Crippen LogP) is 1.36. The fourth-order valence-corrected chi connectivity index (χ4v) is 2.71. The standard InChI is InChI=1S/C16H20N4O/c1-20-9-8-17-15(20)6-7-18-16(21)13-10-12-4-2-3-5-14(12)19-11-13/h2-5,8-9,13,19H,6-7,10-11H2,1H3,(H,18,21). The number of aryl methyl sites for hydroxylation is 1. The third kappa shape index (κ3) is 3.07. The van der Waals surface area contributed by atoms with Crippen molar-refractivity contribution in [1.82, 2.24) is 14.9 Å². The molecule has 2 aromatic rings. The van der Waals surface area contributed by atoms with E-state index in [2.05, 4.69) is 27.8 Å². The van der Waals surface area contributed by atoms with E-state index in [1.807, 2.05) is 29.9 Å². The van der Waals surface area contributed by atoms with Crippen molar-refractivity contribution in [3.8, 4) is 0 Å². The summed E-state index contributed by atoms with van der Waals surface area (Å²) in [5, 5.41) is 6.35. The Balaban J connectivity index is 1.52. The molecule has 0 bridgehead atoms. The molecule has 0 fully saturated rings. The fourth-order valence-electron chi connectivity index (χ4n) is 2.71. The molecule has 1 aliphatic rings. The van der Waals surface area contributed by atoms with Gasteiger partial charge in [-0.1, -0.05) is 18.2 Å². The van der Waals surface area contributed by atoms with Crippen LogP contribution in [0.3, 0.4) is 0 Å². The molecule has 0 saturated carbocycles. The van der Waals surface area contributed by atoms with E-state index in [0.29, 0.717) is 13.1 Å². The highest BCUT2D eigenvalue weighted by Crippen LogP contribution is 2.24. The molecule has 1 aromatic heterocycles. The lowest BCUT2D eigenvalue weighted by molar-refractivity contribution is -0.124. The minimum absolute atomic E-state index is 0.00118. The molecule has 2 N–H and O–H groups in total. The van der Waals surface area contributed by atoms with Gasteiger partial charge >= 0.3 is 0 Å². The lowest BCUT2D eigenvalue weighted by Gasteiger charge is -2.25. The van der Waals surface area contributed by atoms with Crippen molar-refractivity contribution in [3.05, 3.63) is 48.0 Å². The number of rotatable bonds is 4. The predicted molar refractivity (Wildman–Crippen MR) is 82.0 cm³/mol. The Morgan fingerprint density at radius 2 is 2.33 bits per heavy atom. The molecule has 110 valence electrons. The Labute approximate surface area is 124 Å². The van der Waals surface area contributed by atoms with Crippen LogP contribution in [0.15, 0.2) is 36.7 Å². The molecule has 1 unspecified atom stereocenters. The molecule has 0 saturated heterocycles. The average molecular weight is 284 g/mol. The number of benzene rings is 1. The Bertz CT molecular complexity index is 635. The lowest BCUT2D eigenvalue weighted by Crippen LogP contribution is -2.39. The summed E-state index contributed by atoms with van der Waals surface area (Å²) >= 11 is 0. The van der Waals surface area contributed by atoms with Crippen molar-refractivity contribution in [3.63, 3.8) is 0 Å². The van der Waals surface area contributed by atoms with E-state index in [0.717, 1.165) is 24.4 Å². The monoisotopic (exact) mass is 284 g/mol. The van der Waals surface area contributed by atoms with Crippen molar-refractivity contribution < 1.29 is 4.79 Å². The van der Waals surface area contributed by atoms with E-state index in [1.54, 1.807) is 6.20 Å². The summed E-state index contributed by atoms with van der Waals surface area (Å²) in [7, 11) is 1.96. The molecule has 3 rings (SSSR count). The van der Waals surface area contributed by atoms with Crippen molar-refractivity contribution >= 4 is 11.6 Å². The number of nitrogens with one attached hydrogen (secondary N) is 2. The smallest absolute Gasteiger partial charge is 0.225 e. The van der Waals surface area contributed by atoms with Crippen LogP contribution in [0.2, 0.25) is 0 Å². The number of nitrogens with zero attached hydrogens (tertiary/aromatic N) is 2. The van der Waals surface area contributed by atoms with Gasteiger partial charge in [-0.2, -0.15) is 0 Å². The topological polar surface area (TPSA) is 59.0 Å². The maximum Gasteiger partial charge on any atom is 0.225 e. The van der Waals surface area contributed by atoms with E-state index >= 15 is 0 Å². The number of anilines is 1. The number of para-hydroxylation sites is 1. The molecular weight excluding hydrogens is 264 g/mol. The maximum atomic E-state index is 12.2. The average Bonchev–Trinajstić information content (AvgIpc) is 2.92. The Kier molecular flexibility index (Phi) is 3.90. The minimum Gasteiger partial charge on any atom is -0.384 e. The zero-order valence-corrected chi connectivity index (χ0v) is 12.2. The molecule has 21 heavy (non-hydrogen) atoms. The van der Waals surface area contributed by atoms with E-state index in [4.69, 9.17) is 0 Å². The summed E-state index contributed by atoms with van der Waals surface area (Å²) in [6.07, 6.45) is 5.25. The first-order valence-electron chi connectivity index (χ1n) is 7.30. The summed E-state index contributed by atoms with van der Waals surface area (Å²) in [6, 6.07) is 8.17. The first-order chi connectivity index (χ1) is 10.2. The van der Waals surface area contributed by atoms with Gasteiger partial charge in [0.2, 0.25) is 5.91 Å². The first-order valence-corrected chi connectivity index (χ1v) is 7.30. The number of carbonyl (C=O) groups is 1. The molecule has 0 aliphatic carbocycles. The number of fused-ring (bicyclic) bond motifs is 1. The maximum absolute atomic E-state index is 12.2. The largest absolute Gasteiger partial charge is 0.384 e. The molecular formula is C16H20N4O. The van der Waals surface area contributed by atoms with Crippen molar-refractivity contribution in [2.24, 2.45) is 13.0 Å². The first kappa shape index (κ1) is 13.7. The van der Waals surface area contributed by atoms with Crippen LogP contribution in [0.25, 0.3) is 0 Å².